The van der Waals surface area contributed by atoms with E-state index in [1.165, 1.54) is 0 Å². The van der Waals surface area contributed by atoms with E-state index < -0.39 is 0 Å². The van der Waals surface area contributed by atoms with Crippen LogP contribution >= 0.6 is 11.6 Å². The number of aromatic nitrogens is 7. The lowest BCUT2D eigenvalue weighted by Crippen LogP contribution is -2.36. The van der Waals surface area contributed by atoms with Crippen LogP contribution in [0.2, 0.25) is 5.15 Å². The minimum absolute atomic E-state index is 0.288. The first-order valence-electron chi connectivity index (χ1n) is 9.87. The fourth-order valence-electron chi connectivity index (χ4n) is 4.05. The minimum atomic E-state index is -0.288. The molecule has 5 aromatic heterocycles. The molecule has 1 N–H and O–H groups in total. The van der Waals surface area contributed by atoms with Crippen molar-refractivity contribution in [3.8, 4) is 11.6 Å². The third-order valence-corrected chi connectivity index (χ3v) is 5.82. The third-order valence-electron chi connectivity index (χ3n) is 5.54. The number of nitrogens with one attached hydrogen (secondary N) is 1. The van der Waals surface area contributed by atoms with Crippen LogP contribution < -0.4 is 4.90 Å². The summed E-state index contributed by atoms with van der Waals surface area (Å²) in [5.41, 5.74) is 5.31. The molecule has 0 spiro atoms. The molecule has 1 atom stereocenters. The summed E-state index contributed by atoms with van der Waals surface area (Å²) in [6, 6.07) is 11.6. The number of anilines is 1. The van der Waals surface area contributed by atoms with Crippen LogP contribution in [0.15, 0.2) is 53.3 Å². The van der Waals surface area contributed by atoms with Crippen LogP contribution in [-0.4, -0.2) is 41.3 Å². The fraction of sp³-hybridized carbons (Fsp3) is 0.190. The van der Waals surface area contributed by atoms with Crippen LogP contribution in [0, 0.1) is 6.92 Å². The monoisotopic (exact) mass is 432 g/mol. The standard InChI is InChI=1S/C21H17ClN8O/c1-12-4-3-8-23-17(12)20-26-27-21(31-20)29-9-7-14-18(25-11-24-14)19(29)15-10-13-5-2-6-16(22)30(13)28-15/h2-6,8,10-11,19H,7,9H2,1H3,(H,24,25)/t19-/m0/s1. The number of rotatable bonds is 3. The Balaban J connectivity index is 1.46. The van der Waals surface area contributed by atoms with Crippen LogP contribution in [0.4, 0.5) is 6.01 Å². The van der Waals surface area contributed by atoms with E-state index in [4.69, 9.17) is 21.1 Å². The SMILES string of the molecule is Cc1cccnc1-c1nnc(N2CCc3[nH]cnc3[C@@H]2c2cc3cccc(Cl)n3n2)o1. The Labute approximate surface area is 181 Å². The smallest absolute Gasteiger partial charge is 0.319 e. The number of imidazole rings is 1. The molecule has 0 saturated heterocycles. The first-order valence-corrected chi connectivity index (χ1v) is 10.3. The Morgan fingerprint density at radius 1 is 1.16 bits per heavy atom. The molecule has 10 heteroatoms. The van der Waals surface area contributed by atoms with Crippen LogP contribution in [-0.2, 0) is 6.42 Å². The van der Waals surface area contributed by atoms with Crippen molar-refractivity contribution in [2.24, 2.45) is 0 Å². The molecular formula is C21H17ClN8O. The molecule has 0 aliphatic carbocycles. The number of hydrogen-bond acceptors (Lipinski definition) is 7. The van der Waals surface area contributed by atoms with E-state index in [9.17, 15) is 0 Å². The van der Waals surface area contributed by atoms with Gasteiger partial charge in [-0.05, 0) is 36.8 Å². The van der Waals surface area contributed by atoms with E-state index in [0.717, 1.165) is 34.6 Å². The molecule has 6 heterocycles. The number of hydrogen-bond donors (Lipinski definition) is 1. The Kier molecular flexibility index (Phi) is 4.03. The predicted molar refractivity (Wildman–Crippen MR) is 114 cm³/mol. The van der Waals surface area contributed by atoms with Crippen molar-refractivity contribution in [3.05, 3.63) is 76.7 Å². The molecule has 154 valence electrons. The summed E-state index contributed by atoms with van der Waals surface area (Å²) in [4.78, 5) is 14.2. The van der Waals surface area contributed by atoms with Gasteiger partial charge in [0.1, 0.15) is 16.9 Å². The van der Waals surface area contributed by atoms with Crippen molar-refractivity contribution >= 4 is 23.1 Å². The molecule has 9 nitrogen and oxygen atoms in total. The Hall–Kier alpha value is -3.72. The fourth-order valence-corrected chi connectivity index (χ4v) is 4.26. The average Bonchev–Trinajstić information content (AvgIpc) is 3.52. The normalized spacial score (nSPS) is 16.1. The number of H-pyrrole nitrogens is 1. The number of fused-ring (bicyclic) bond motifs is 2. The lowest BCUT2D eigenvalue weighted by Gasteiger charge is -2.32. The van der Waals surface area contributed by atoms with Crippen LogP contribution in [0.3, 0.4) is 0 Å². The zero-order valence-electron chi connectivity index (χ0n) is 16.5. The van der Waals surface area contributed by atoms with Gasteiger partial charge < -0.3 is 14.3 Å². The second-order valence-corrected chi connectivity index (χ2v) is 7.81. The molecule has 6 rings (SSSR count). The van der Waals surface area contributed by atoms with Gasteiger partial charge in [-0.3, -0.25) is 4.98 Å². The highest BCUT2D eigenvalue weighted by molar-refractivity contribution is 6.29. The highest BCUT2D eigenvalue weighted by Crippen LogP contribution is 2.37. The van der Waals surface area contributed by atoms with Crippen molar-refractivity contribution < 1.29 is 4.42 Å². The van der Waals surface area contributed by atoms with Gasteiger partial charge in [-0.25, -0.2) is 9.50 Å². The van der Waals surface area contributed by atoms with Gasteiger partial charge in [-0.1, -0.05) is 28.8 Å². The van der Waals surface area contributed by atoms with Gasteiger partial charge in [0.15, 0.2) is 0 Å². The molecular weight excluding hydrogens is 416 g/mol. The quantitative estimate of drug-likeness (QED) is 0.434. The van der Waals surface area contributed by atoms with E-state index >= 15 is 0 Å². The van der Waals surface area contributed by atoms with Crippen molar-refractivity contribution in [1.82, 2.24) is 34.8 Å². The van der Waals surface area contributed by atoms with Crippen LogP contribution in [0.25, 0.3) is 17.1 Å². The predicted octanol–water partition coefficient (Wildman–Crippen LogP) is 3.62. The molecule has 0 bridgehead atoms. The van der Waals surface area contributed by atoms with Crippen molar-refractivity contribution in [2.45, 2.75) is 19.4 Å². The second-order valence-electron chi connectivity index (χ2n) is 7.43. The third kappa shape index (κ3) is 2.89. The van der Waals surface area contributed by atoms with Gasteiger partial charge in [0.2, 0.25) is 0 Å². The molecule has 5 aromatic rings. The van der Waals surface area contributed by atoms with Gasteiger partial charge in [-0.2, -0.15) is 5.10 Å². The minimum Gasteiger partial charge on any atom is -0.402 e. The lowest BCUT2D eigenvalue weighted by atomic mass is 10.0. The summed E-state index contributed by atoms with van der Waals surface area (Å²) in [6.07, 6.45) is 4.20. The van der Waals surface area contributed by atoms with E-state index in [0.29, 0.717) is 29.3 Å². The first kappa shape index (κ1) is 18.1. The van der Waals surface area contributed by atoms with Gasteiger partial charge >= 0.3 is 6.01 Å². The summed E-state index contributed by atoms with van der Waals surface area (Å²) in [5.74, 6) is 0.387. The molecule has 0 amide bonds. The Bertz CT molecular complexity index is 1400. The molecule has 0 saturated carbocycles. The van der Waals surface area contributed by atoms with Gasteiger partial charge in [0.25, 0.3) is 5.89 Å². The van der Waals surface area contributed by atoms with Crippen molar-refractivity contribution in [2.75, 3.05) is 11.4 Å². The number of halogens is 1. The Morgan fingerprint density at radius 3 is 2.97 bits per heavy atom. The number of aryl methyl sites for hydroxylation is 1. The van der Waals surface area contributed by atoms with Crippen LogP contribution in [0.1, 0.15) is 28.7 Å². The summed E-state index contributed by atoms with van der Waals surface area (Å²) in [7, 11) is 0. The zero-order valence-corrected chi connectivity index (χ0v) is 17.3. The molecule has 0 fully saturated rings. The number of aromatic amines is 1. The molecule has 0 aromatic carbocycles. The molecule has 1 aliphatic rings. The van der Waals surface area contributed by atoms with E-state index in [-0.39, 0.29) is 6.04 Å². The maximum atomic E-state index is 6.35. The highest BCUT2D eigenvalue weighted by atomic mass is 35.5. The lowest BCUT2D eigenvalue weighted by molar-refractivity contribution is 0.502. The van der Waals surface area contributed by atoms with Crippen LogP contribution in [0.5, 0.6) is 0 Å². The highest BCUT2D eigenvalue weighted by Gasteiger charge is 2.36. The number of nitrogens with zero attached hydrogens (tertiary/aromatic N) is 7. The topological polar surface area (TPSA) is 101 Å². The summed E-state index contributed by atoms with van der Waals surface area (Å²) < 4.78 is 7.79. The van der Waals surface area contributed by atoms with E-state index in [2.05, 4.69) is 25.1 Å². The van der Waals surface area contributed by atoms with E-state index in [1.54, 1.807) is 17.0 Å². The van der Waals surface area contributed by atoms with Gasteiger partial charge in [0.05, 0.1) is 23.2 Å². The largest absolute Gasteiger partial charge is 0.402 e. The second kappa shape index (κ2) is 6.92. The van der Waals surface area contributed by atoms with Gasteiger partial charge in [-0.15, -0.1) is 5.10 Å². The van der Waals surface area contributed by atoms with E-state index in [1.807, 2.05) is 48.2 Å². The summed E-state index contributed by atoms with van der Waals surface area (Å²) in [6.45, 7) is 2.64. The Morgan fingerprint density at radius 2 is 2.10 bits per heavy atom. The average molecular weight is 433 g/mol. The van der Waals surface area contributed by atoms with Gasteiger partial charge in [0, 0.05) is 24.9 Å². The zero-order chi connectivity index (χ0) is 20.9. The molecule has 0 unspecified atom stereocenters. The maximum absolute atomic E-state index is 6.35. The van der Waals surface area contributed by atoms with Crippen molar-refractivity contribution in [1.29, 1.82) is 0 Å². The first-order chi connectivity index (χ1) is 15.2. The molecule has 31 heavy (non-hydrogen) atoms. The molecule has 1 aliphatic heterocycles. The van der Waals surface area contributed by atoms with Crippen molar-refractivity contribution in [3.63, 3.8) is 0 Å². The molecule has 0 radical (unpaired) electrons. The summed E-state index contributed by atoms with van der Waals surface area (Å²) >= 11 is 6.35. The maximum Gasteiger partial charge on any atom is 0.319 e. The summed E-state index contributed by atoms with van der Waals surface area (Å²) in [5, 5.41) is 13.9. The number of pyridine rings is 2.